The lowest BCUT2D eigenvalue weighted by Gasteiger charge is -2.14. The van der Waals surface area contributed by atoms with Crippen LogP contribution in [-0.2, 0) is 4.79 Å². The molecule has 0 radical (unpaired) electrons. The first-order valence-electron chi connectivity index (χ1n) is 4.79. The second kappa shape index (κ2) is 6.19. The second-order valence-electron chi connectivity index (χ2n) is 3.17. The van der Waals surface area contributed by atoms with Crippen molar-refractivity contribution >= 4 is 5.91 Å². The van der Waals surface area contributed by atoms with E-state index < -0.39 is 0 Å². The van der Waals surface area contributed by atoms with Gasteiger partial charge in [0.15, 0.2) is 0 Å². The van der Waals surface area contributed by atoms with Gasteiger partial charge in [0.1, 0.15) is 0 Å². The van der Waals surface area contributed by atoms with Crippen molar-refractivity contribution in [3.05, 3.63) is 36.0 Å². The van der Waals surface area contributed by atoms with E-state index in [0.29, 0.717) is 0 Å². The molecular formula is C12H19NO. The summed E-state index contributed by atoms with van der Waals surface area (Å²) in [6.45, 7) is 7.62. The predicted molar refractivity (Wildman–Crippen MR) is 61.0 cm³/mol. The fourth-order valence-electron chi connectivity index (χ4n) is 1.16. The van der Waals surface area contributed by atoms with Gasteiger partial charge in [-0.05, 0) is 18.9 Å². The van der Waals surface area contributed by atoms with Crippen LogP contribution in [0.2, 0.25) is 0 Å². The van der Waals surface area contributed by atoms with E-state index in [1.807, 2.05) is 26.0 Å². The van der Waals surface area contributed by atoms with E-state index in [-0.39, 0.29) is 5.91 Å². The quantitative estimate of drug-likeness (QED) is 0.496. The molecule has 2 heteroatoms. The Morgan fingerprint density at radius 1 is 1.43 bits per heavy atom. The molecule has 0 spiro atoms. The lowest BCUT2D eigenvalue weighted by atomic mass is 10.0. The Morgan fingerprint density at radius 2 is 2.00 bits per heavy atom. The van der Waals surface area contributed by atoms with Gasteiger partial charge in [0.05, 0.1) is 0 Å². The van der Waals surface area contributed by atoms with E-state index >= 15 is 0 Å². The zero-order chi connectivity index (χ0) is 11.1. The van der Waals surface area contributed by atoms with Crippen molar-refractivity contribution in [2.24, 2.45) is 0 Å². The summed E-state index contributed by atoms with van der Waals surface area (Å²) in [6, 6.07) is 0. The first kappa shape index (κ1) is 12.7. The number of carbonyl (C=O) groups excluding carboxylic acids is 1. The summed E-state index contributed by atoms with van der Waals surface area (Å²) in [5, 5.41) is 0. The molecule has 14 heavy (non-hydrogen) atoms. The smallest absolute Gasteiger partial charge is 0.253 e. The number of allylic oxidation sites excluding steroid dienone is 3. The molecule has 0 aliphatic heterocycles. The van der Waals surface area contributed by atoms with E-state index in [2.05, 4.69) is 6.58 Å². The number of nitrogens with zero attached hydrogens (tertiary/aromatic N) is 1. The molecule has 1 amide bonds. The molecule has 0 aromatic rings. The van der Waals surface area contributed by atoms with Crippen LogP contribution in [0, 0.1) is 0 Å². The summed E-state index contributed by atoms with van der Waals surface area (Å²) in [5.41, 5.74) is 1.63. The maximum absolute atomic E-state index is 11.8. The predicted octanol–water partition coefficient (Wildman–Crippen LogP) is 2.54. The molecule has 0 rings (SSSR count). The minimum Gasteiger partial charge on any atom is -0.345 e. The Bertz CT molecular complexity index is 272. The van der Waals surface area contributed by atoms with E-state index in [4.69, 9.17) is 0 Å². The topological polar surface area (TPSA) is 20.3 Å². The standard InChI is InChI=1S/C12H19NO/c1-6-9-11(10(7-2)8-3)12(14)13(4)5/h7-9H,2,6H2,1,3-5H3/b10-8-,11-9+. The van der Waals surface area contributed by atoms with Crippen molar-refractivity contribution in [2.45, 2.75) is 20.3 Å². The van der Waals surface area contributed by atoms with Crippen LogP contribution in [0.15, 0.2) is 36.0 Å². The SMILES string of the molecule is C=CC(=C/C)/C(=C\CC)C(=O)N(C)C. The monoisotopic (exact) mass is 193 g/mol. The Labute approximate surface area is 86.6 Å². The maximum Gasteiger partial charge on any atom is 0.253 e. The number of hydrogen-bond acceptors (Lipinski definition) is 1. The van der Waals surface area contributed by atoms with Gasteiger partial charge in [0.25, 0.3) is 5.91 Å². The molecule has 78 valence electrons. The van der Waals surface area contributed by atoms with Crippen molar-refractivity contribution < 1.29 is 4.79 Å². The average Bonchev–Trinajstić information content (AvgIpc) is 2.17. The third-order valence-electron chi connectivity index (χ3n) is 1.89. The molecule has 0 aromatic carbocycles. The van der Waals surface area contributed by atoms with Gasteiger partial charge < -0.3 is 4.90 Å². The highest BCUT2D eigenvalue weighted by Gasteiger charge is 2.12. The second-order valence-corrected chi connectivity index (χ2v) is 3.17. The summed E-state index contributed by atoms with van der Waals surface area (Å²) >= 11 is 0. The highest BCUT2D eigenvalue weighted by molar-refractivity contribution is 5.98. The van der Waals surface area contributed by atoms with Crippen molar-refractivity contribution in [1.29, 1.82) is 0 Å². The zero-order valence-corrected chi connectivity index (χ0v) is 9.50. The third kappa shape index (κ3) is 3.21. The molecule has 0 N–H and O–H groups in total. The summed E-state index contributed by atoms with van der Waals surface area (Å²) in [7, 11) is 3.50. The molecule has 0 aliphatic rings. The number of likely N-dealkylation sites (N-methyl/N-ethyl adjacent to an activating group) is 1. The van der Waals surface area contributed by atoms with E-state index in [1.54, 1.807) is 25.1 Å². The van der Waals surface area contributed by atoms with Gasteiger partial charge in [-0.1, -0.05) is 31.7 Å². The highest BCUT2D eigenvalue weighted by Crippen LogP contribution is 2.14. The molecule has 0 aliphatic carbocycles. The molecule has 0 atom stereocenters. The number of rotatable bonds is 4. The minimum absolute atomic E-state index is 0.0276. The summed E-state index contributed by atoms with van der Waals surface area (Å²) in [5.74, 6) is 0.0276. The van der Waals surface area contributed by atoms with Crippen LogP contribution >= 0.6 is 0 Å². The summed E-state index contributed by atoms with van der Waals surface area (Å²) in [4.78, 5) is 13.3. The van der Waals surface area contributed by atoms with E-state index in [0.717, 1.165) is 17.6 Å². The van der Waals surface area contributed by atoms with E-state index in [9.17, 15) is 4.79 Å². The molecule has 0 heterocycles. The average molecular weight is 193 g/mol. The normalized spacial score (nSPS) is 12.6. The molecule has 0 unspecified atom stereocenters. The van der Waals surface area contributed by atoms with Crippen molar-refractivity contribution in [2.75, 3.05) is 14.1 Å². The van der Waals surface area contributed by atoms with Crippen LogP contribution in [0.4, 0.5) is 0 Å². The van der Waals surface area contributed by atoms with Crippen LogP contribution in [-0.4, -0.2) is 24.9 Å². The Kier molecular flexibility index (Phi) is 5.61. The molecule has 0 fully saturated rings. The van der Waals surface area contributed by atoms with Gasteiger partial charge in [0.2, 0.25) is 0 Å². The maximum atomic E-state index is 11.8. The van der Waals surface area contributed by atoms with Crippen LogP contribution in [0.3, 0.4) is 0 Å². The minimum atomic E-state index is 0.0276. The number of carbonyl (C=O) groups is 1. The van der Waals surface area contributed by atoms with Gasteiger partial charge in [-0.15, -0.1) is 0 Å². The Morgan fingerprint density at radius 3 is 2.29 bits per heavy atom. The lowest BCUT2D eigenvalue weighted by Crippen LogP contribution is -2.24. The third-order valence-corrected chi connectivity index (χ3v) is 1.89. The van der Waals surface area contributed by atoms with Crippen molar-refractivity contribution in [1.82, 2.24) is 4.90 Å². The highest BCUT2D eigenvalue weighted by atomic mass is 16.2. The summed E-state index contributed by atoms with van der Waals surface area (Å²) < 4.78 is 0. The van der Waals surface area contributed by atoms with Crippen LogP contribution in [0.25, 0.3) is 0 Å². The van der Waals surface area contributed by atoms with Crippen molar-refractivity contribution in [3.8, 4) is 0 Å². The van der Waals surface area contributed by atoms with Gasteiger partial charge >= 0.3 is 0 Å². The molecular weight excluding hydrogens is 174 g/mol. The van der Waals surface area contributed by atoms with E-state index in [1.165, 1.54) is 0 Å². The Hall–Kier alpha value is -1.31. The summed E-state index contributed by atoms with van der Waals surface area (Å²) in [6.07, 6.45) is 6.39. The fourth-order valence-corrected chi connectivity index (χ4v) is 1.16. The molecule has 0 saturated heterocycles. The molecule has 0 aromatic heterocycles. The van der Waals surface area contributed by atoms with Crippen molar-refractivity contribution in [3.63, 3.8) is 0 Å². The van der Waals surface area contributed by atoms with Crippen LogP contribution in [0.1, 0.15) is 20.3 Å². The van der Waals surface area contributed by atoms with Gasteiger partial charge in [-0.25, -0.2) is 0 Å². The zero-order valence-electron chi connectivity index (χ0n) is 9.50. The molecule has 0 saturated carbocycles. The Balaban J connectivity index is 5.06. The lowest BCUT2D eigenvalue weighted by molar-refractivity contribution is -0.124. The molecule has 2 nitrogen and oxygen atoms in total. The molecule has 0 bridgehead atoms. The largest absolute Gasteiger partial charge is 0.345 e. The number of hydrogen-bond donors (Lipinski definition) is 0. The van der Waals surface area contributed by atoms with Crippen LogP contribution in [0.5, 0.6) is 0 Å². The van der Waals surface area contributed by atoms with Gasteiger partial charge in [-0.3, -0.25) is 4.79 Å². The van der Waals surface area contributed by atoms with Gasteiger partial charge in [-0.2, -0.15) is 0 Å². The number of amides is 1. The van der Waals surface area contributed by atoms with Gasteiger partial charge in [0, 0.05) is 19.7 Å². The van der Waals surface area contributed by atoms with Crippen LogP contribution < -0.4 is 0 Å². The first-order chi connectivity index (χ1) is 6.58. The fraction of sp³-hybridized carbons (Fsp3) is 0.417. The first-order valence-corrected chi connectivity index (χ1v) is 4.79.